The maximum atomic E-state index is 12.7. The number of nitrogens with zero attached hydrogens (tertiary/aromatic N) is 2. The molecule has 7 nitrogen and oxygen atoms in total. The number of nitrogens with two attached hydrogens (primary N) is 1. The Hall–Kier alpha value is -0.900. The maximum absolute atomic E-state index is 12.7. The Bertz CT molecular complexity index is 703. The Labute approximate surface area is 174 Å². The predicted molar refractivity (Wildman–Crippen MR) is 112 cm³/mol. The molecule has 0 radical (unpaired) electrons. The lowest BCUT2D eigenvalue weighted by Crippen LogP contribution is -2.54. The quantitative estimate of drug-likeness (QED) is 0.687. The van der Waals surface area contributed by atoms with Crippen molar-refractivity contribution in [2.24, 2.45) is 5.73 Å². The van der Waals surface area contributed by atoms with Gasteiger partial charge in [0.15, 0.2) is 0 Å². The summed E-state index contributed by atoms with van der Waals surface area (Å²) in [6.45, 7) is 8.10. The topological polar surface area (TPSA) is 95.7 Å². The molecule has 0 atom stereocenters. The van der Waals surface area contributed by atoms with E-state index in [0.29, 0.717) is 37.6 Å². The van der Waals surface area contributed by atoms with Crippen LogP contribution >= 0.6 is 24.8 Å². The second kappa shape index (κ2) is 10.6. The summed E-state index contributed by atoms with van der Waals surface area (Å²) in [5, 5.41) is 2.89. The number of rotatable bonds is 6. The number of hydrogen-bond donors (Lipinski definition) is 2. The van der Waals surface area contributed by atoms with Crippen LogP contribution in [-0.4, -0.2) is 68.3 Å². The average molecular weight is 441 g/mol. The van der Waals surface area contributed by atoms with E-state index < -0.39 is 15.6 Å². The summed E-state index contributed by atoms with van der Waals surface area (Å²) in [5.74, 6) is -0.0923. The lowest BCUT2D eigenvalue weighted by molar-refractivity contribution is -0.124. The highest BCUT2D eigenvalue weighted by Crippen LogP contribution is 2.18. The molecule has 1 aromatic rings. The molecule has 0 bridgehead atoms. The number of sulfonamides is 1. The van der Waals surface area contributed by atoms with Crippen molar-refractivity contribution in [2.45, 2.75) is 31.2 Å². The van der Waals surface area contributed by atoms with Crippen LogP contribution < -0.4 is 11.1 Å². The van der Waals surface area contributed by atoms with Gasteiger partial charge in [-0.05, 0) is 32.9 Å². The van der Waals surface area contributed by atoms with Gasteiger partial charge < -0.3 is 11.1 Å². The molecule has 1 aromatic carbocycles. The molecule has 0 aliphatic carbocycles. The third kappa shape index (κ3) is 7.21. The zero-order chi connectivity index (χ0) is 18.7. The molecule has 3 N–H and O–H groups in total. The first kappa shape index (κ1) is 26.1. The molecule has 2 rings (SSSR count). The maximum Gasteiger partial charge on any atom is 0.243 e. The number of carbonyl (C=O) groups is 1. The van der Waals surface area contributed by atoms with Crippen LogP contribution in [0.3, 0.4) is 0 Å². The second-order valence-corrected chi connectivity index (χ2v) is 9.07. The molecule has 0 aromatic heterocycles. The lowest BCUT2D eigenvalue weighted by atomic mass is 10.1. The van der Waals surface area contributed by atoms with Crippen molar-refractivity contribution in [2.75, 3.05) is 39.3 Å². The fourth-order valence-corrected chi connectivity index (χ4v) is 4.08. The van der Waals surface area contributed by atoms with E-state index >= 15 is 0 Å². The zero-order valence-electron chi connectivity index (χ0n) is 16.0. The van der Waals surface area contributed by atoms with Crippen LogP contribution in [0, 0.1) is 6.92 Å². The first-order chi connectivity index (χ1) is 11.6. The Kier molecular flexibility index (Phi) is 10.2. The second-order valence-electron chi connectivity index (χ2n) is 7.13. The van der Waals surface area contributed by atoms with Gasteiger partial charge in [-0.2, -0.15) is 4.31 Å². The number of amides is 1. The Morgan fingerprint density at radius 1 is 1.11 bits per heavy atom. The number of halogens is 2. The molecule has 1 aliphatic heterocycles. The molecule has 0 spiro atoms. The molecular formula is C17H30Cl2N4O3S. The molecule has 1 amide bonds. The summed E-state index contributed by atoms with van der Waals surface area (Å²) in [4.78, 5) is 14.4. The summed E-state index contributed by atoms with van der Waals surface area (Å²) in [7, 11) is -3.47. The lowest BCUT2D eigenvalue weighted by Gasteiger charge is -2.34. The third-order valence-electron chi connectivity index (χ3n) is 4.35. The molecule has 0 unspecified atom stereocenters. The van der Waals surface area contributed by atoms with Gasteiger partial charge in [0.1, 0.15) is 0 Å². The minimum atomic E-state index is -3.47. The monoisotopic (exact) mass is 440 g/mol. The van der Waals surface area contributed by atoms with Crippen LogP contribution in [0.4, 0.5) is 0 Å². The molecule has 0 saturated carbocycles. The summed E-state index contributed by atoms with van der Waals surface area (Å²) in [5.41, 5.74) is 6.20. The first-order valence-electron chi connectivity index (χ1n) is 8.44. The van der Waals surface area contributed by atoms with Crippen LogP contribution in [0.5, 0.6) is 0 Å². The number of hydrogen-bond acceptors (Lipinski definition) is 5. The Morgan fingerprint density at radius 2 is 1.63 bits per heavy atom. The van der Waals surface area contributed by atoms with E-state index in [2.05, 4.69) is 5.32 Å². The number of benzene rings is 1. The molecule has 10 heteroatoms. The standard InChI is InChI=1S/C17H28N4O3S.2ClH/c1-14-4-6-15(7-5-14)25(23,24)21-10-8-20(9-11-21)12-16(22)19-17(2,3)13-18;;/h4-7H,8-13,18H2,1-3H3,(H,19,22);2*1H. The van der Waals surface area contributed by atoms with Gasteiger partial charge in [-0.25, -0.2) is 8.42 Å². The van der Waals surface area contributed by atoms with Crippen molar-refractivity contribution in [1.29, 1.82) is 0 Å². The number of aryl methyl sites for hydroxylation is 1. The SMILES string of the molecule is Cc1ccc(S(=O)(=O)N2CCN(CC(=O)NC(C)(C)CN)CC2)cc1.Cl.Cl. The van der Waals surface area contributed by atoms with Gasteiger partial charge in [0.05, 0.1) is 11.4 Å². The van der Waals surface area contributed by atoms with Crippen LogP contribution in [-0.2, 0) is 14.8 Å². The Balaban J connectivity index is 0.00000338. The fraction of sp³-hybridized carbons (Fsp3) is 0.588. The van der Waals surface area contributed by atoms with Gasteiger partial charge >= 0.3 is 0 Å². The predicted octanol–water partition coefficient (Wildman–Crippen LogP) is 0.998. The first-order valence-corrected chi connectivity index (χ1v) is 9.88. The van der Waals surface area contributed by atoms with Gasteiger partial charge in [-0.15, -0.1) is 24.8 Å². The van der Waals surface area contributed by atoms with E-state index in [4.69, 9.17) is 5.73 Å². The molecule has 156 valence electrons. The summed E-state index contributed by atoms with van der Waals surface area (Å²) in [6, 6.07) is 6.87. The van der Waals surface area contributed by atoms with E-state index in [1.807, 2.05) is 25.7 Å². The number of piperazine rings is 1. The van der Waals surface area contributed by atoms with Gasteiger partial charge in [0, 0.05) is 38.3 Å². The number of nitrogens with one attached hydrogen (secondary N) is 1. The highest BCUT2D eigenvalue weighted by Gasteiger charge is 2.29. The molecular weight excluding hydrogens is 411 g/mol. The molecule has 1 heterocycles. The van der Waals surface area contributed by atoms with E-state index in [1.54, 1.807) is 24.3 Å². The molecule has 1 aliphatic rings. The van der Waals surface area contributed by atoms with Crippen LogP contribution in [0.2, 0.25) is 0 Å². The van der Waals surface area contributed by atoms with Crippen LogP contribution in [0.1, 0.15) is 19.4 Å². The Morgan fingerprint density at radius 3 is 2.11 bits per heavy atom. The molecule has 1 saturated heterocycles. The highest BCUT2D eigenvalue weighted by molar-refractivity contribution is 7.89. The summed E-state index contributed by atoms with van der Waals surface area (Å²) < 4.78 is 26.8. The smallest absolute Gasteiger partial charge is 0.243 e. The minimum Gasteiger partial charge on any atom is -0.349 e. The number of carbonyl (C=O) groups excluding carboxylic acids is 1. The molecule has 1 fully saturated rings. The summed E-state index contributed by atoms with van der Waals surface area (Å²) >= 11 is 0. The largest absolute Gasteiger partial charge is 0.349 e. The van der Waals surface area contributed by atoms with Crippen molar-refractivity contribution >= 4 is 40.7 Å². The zero-order valence-corrected chi connectivity index (χ0v) is 18.4. The van der Waals surface area contributed by atoms with E-state index in [9.17, 15) is 13.2 Å². The van der Waals surface area contributed by atoms with Crippen molar-refractivity contribution in [3.05, 3.63) is 29.8 Å². The van der Waals surface area contributed by atoms with E-state index in [-0.39, 0.29) is 37.3 Å². The van der Waals surface area contributed by atoms with Crippen molar-refractivity contribution in [3.8, 4) is 0 Å². The summed E-state index contributed by atoms with van der Waals surface area (Å²) in [6.07, 6.45) is 0. The normalized spacial score (nSPS) is 16.1. The average Bonchev–Trinajstić information content (AvgIpc) is 2.55. The minimum absolute atomic E-state index is 0. The van der Waals surface area contributed by atoms with Crippen LogP contribution in [0.25, 0.3) is 0 Å². The van der Waals surface area contributed by atoms with Gasteiger partial charge in [-0.1, -0.05) is 17.7 Å². The van der Waals surface area contributed by atoms with Crippen molar-refractivity contribution in [3.63, 3.8) is 0 Å². The van der Waals surface area contributed by atoms with Gasteiger partial charge in [0.2, 0.25) is 15.9 Å². The highest BCUT2D eigenvalue weighted by atomic mass is 35.5. The third-order valence-corrected chi connectivity index (χ3v) is 6.26. The van der Waals surface area contributed by atoms with Gasteiger partial charge in [0.25, 0.3) is 0 Å². The van der Waals surface area contributed by atoms with Gasteiger partial charge in [-0.3, -0.25) is 9.69 Å². The van der Waals surface area contributed by atoms with E-state index in [1.165, 1.54) is 4.31 Å². The van der Waals surface area contributed by atoms with Crippen molar-refractivity contribution < 1.29 is 13.2 Å². The van der Waals surface area contributed by atoms with Crippen LogP contribution in [0.15, 0.2) is 29.2 Å². The van der Waals surface area contributed by atoms with E-state index in [0.717, 1.165) is 5.56 Å². The molecule has 27 heavy (non-hydrogen) atoms. The van der Waals surface area contributed by atoms with Crippen molar-refractivity contribution in [1.82, 2.24) is 14.5 Å². The fourth-order valence-electron chi connectivity index (χ4n) is 2.66.